The third kappa shape index (κ3) is 1.86. The zero-order valence-corrected chi connectivity index (χ0v) is 6.19. The van der Waals surface area contributed by atoms with Gasteiger partial charge in [-0.1, -0.05) is 0 Å². The molecule has 4 nitrogen and oxygen atoms in total. The highest BCUT2D eigenvalue weighted by molar-refractivity contribution is 5.94. The standard InChI is InChI=1S/C7H10O4/c1-10-7-3-2-5(9)6(4-8)11-7/h2-3,6-8H,4H2,1H3/t6-,7+/m1/s1. The Bertz CT molecular complexity index is 175. The summed E-state index contributed by atoms with van der Waals surface area (Å²) in [5, 5.41) is 8.64. The van der Waals surface area contributed by atoms with Crippen LogP contribution in [0.1, 0.15) is 0 Å². The monoisotopic (exact) mass is 158 g/mol. The third-order valence-electron chi connectivity index (χ3n) is 1.43. The van der Waals surface area contributed by atoms with E-state index in [9.17, 15) is 4.79 Å². The van der Waals surface area contributed by atoms with Crippen LogP contribution in [0.3, 0.4) is 0 Å². The highest BCUT2D eigenvalue weighted by Gasteiger charge is 2.23. The van der Waals surface area contributed by atoms with Gasteiger partial charge in [0.05, 0.1) is 6.61 Å². The Kier molecular flexibility index (Phi) is 2.76. The number of carbonyl (C=O) groups is 1. The van der Waals surface area contributed by atoms with E-state index < -0.39 is 12.4 Å². The van der Waals surface area contributed by atoms with Gasteiger partial charge in [0.25, 0.3) is 0 Å². The maximum atomic E-state index is 10.9. The summed E-state index contributed by atoms with van der Waals surface area (Å²) in [5.74, 6) is -0.221. The fraction of sp³-hybridized carbons (Fsp3) is 0.571. The van der Waals surface area contributed by atoms with E-state index in [4.69, 9.17) is 14.6 Å². The molecule has 1 heterocycles. The highest BCUT2D eigenvalue weighted by Crippen LogP contribution is 2.08. The molecule has 0 aromatic rings. The molecule has 4 heteroatoms. The maximum absolute atomic E-state index is 10.9. The SMILES string of the molecule is CO[C@@H]1C=CC(=O)[C@@H](CO)O1. The van der Waals surface area contributed by atoms with Gasteiger partial charge < -0.3 is 14.6 Å². The highest BCUT2D eigenvalue weighted by atomic mass is 16.7. The van der Waals surface area contributed by atoms with Crippen LogP contribution in [-0.4, -0.2) is 37.0 Å². The number of hydrogen-bond acceptors (Lipinski definition) is 4. The first-order valence-corrected chi connectivity index (χ1v) is 3.29. The Morgan fingerprint density at radius 3 is 3.09 bits per heavy atom. The second-order valence-electron chi connectivity index (χ2n) is 2.17. The van der Waals surface area contributed by atoms with Gasteiger partial charge in [-0.05, 0) is 12.2 Å². The van der Waals surface area contributed by atoms with Crippen LogP contribution in [0.5, 0.6) is 0 Å². The quantitative estimate of drug-likeness (QED) is 0.587. The van der Waals surface area contributed by atoms with Crippen LogP contribution in [0.25, 0.3) is 0 Å². The van der Waals surface area contributed by atoms with Crippen LogP contribution in [-0.2, 0) is 14.3 Å². The molecule has 62 valence electrons. The summed E-state index contributed by atoms with van der Waals surface area (Å²) in [5.41, 5.74) is 0. The number of aliphatic hydroxyl groups excluding tert-OH is 1. The Morgan fingerprint density at radius 2 is 2.55 bits per heavy atom. The van der Waals surface area contributed by atoms with Crippen LogP contribution >= 0.6 is 0 Å². The molecule has 0 fully saturated rings. The predicted octanol–water partition coefficient (Wildman–Crippen LogP) is -0.525. The van der Waals surface area contributed by atoms with Crippen LogP contribution < -0.4 is 0 Å². The van der Waals surface area contributed by atoms with Gasteiger partial charge in [-0.2, -0.15) is 0 Å². The molecular weight excluding hydrogens is 148 g/mol. The van der Waals surface area contributed by atoms with E-state index in [0.717, 1.165) is 0 Å². The number of carbonyl (C=O) groups excluding carboxylic acids is 1. The van der Waals surface area contributed by atoms with E-state index in [-0.39, 0.29) is 12.4 Å². The lowest BCUT2D eigenvalue weighted by atomic mass is 10.2. The summed E-state index contributed by atoms with van der Waals surface area (Å²) in [7, 11) is 1.47. The van der Waals surface area contributed by atoms with Crippen molar-refractivity contribution in [1.82, 2.24) is 0 Å². The fourth-order valence-electron chi connectivity index (χ4n) is 0.822. The van der Waals surface area contributed by atoms with Crippen molar-refractivity contribution in [2.75, 3.05) is 13.7 Å². The summed E-state index contributed by atoms with van der Waals surface area (Å²) in [6.45, 7) is -0.303. The zero-order chi connectivity index (χ0) is 8.27. The minimum absolute atomic E-state index is 0.221. The van der Waals surface area contributed by atoms with Crippen molar-refractivity contribution in [3.8, 4) is 0 Å². The fourth-order valence-corrected chi connectivity index (χ4v) is 0.822. The average molecular weight is 158 g/mol. The second kappa shape index (κ2) is 3.61. The number of aliphatic hydroxyl groups is 1. The minimum Gasteiger partial charge on any atom is -0.393 e. The molecule has 0 amide bonds. The third-order valence-corrected chi connectivity index (χ3v) is 1.43. The number of hydrogen-bond donors (Lipinski definition) is 1. The van der Waals surface area contributed by atoms with Crippen molar-refractivity contribution in [2.24, 2.45) is 0 Å². The van der Waals surface area contributed by atoms with E-state index >= 15 is 0 Å². The van der Waals surface area contributed by atoms with Crippen molar-refractivity contribution >= 4 is 5.78 Å². The van der Waals surface area contributed by atoms with Gasteiger partial charge in [-0.3, -0.25) is 4.79 Å². The molecule has 0 saturated carbocycles. The summed E-state index contributed by atoms with van der Waals surface area (Å²) in [6, 6.07) is 0. The molecule has 0 aliphatic carbocycles. The van der Waals surface area contributed by atoms with E-state index in [1.54, 1.807) is 0 Å². The van der Waals surface area contributed by atoms with Gasteiger partial charge in [0.15, 0.2) is 12.1 Å². The van der Waals surface area contributed by atoms with Gasteiger partial charge in [-0.25, -0.2) is 0 Å². The largest absolute Gasteiger partial charge is 0.393 e. The van der Waals surface area contributed by atoms with E-state index in [1.165, 1.54) is 19.3 Å². The summed E-state index contributed by atoms with van der Waals surface area (Å²) in [4.78, 5) is 10.9. The van der Waals surface area contributed by atoms with Gasteiger partial charge in [-0.15, -0.1) is 0 Å². The van der Waals surface area contributed by atoms with Crippen LogP contribution in [0.2, 0.25) is 0 Å². The van der Waals surface area contributed by atoms with Crippen LogP contribution in [0.15, 0.2) is 12.2 Å². The smallest absolute Gasteiger partial charge is 0.186 e. The molecule has 0 saturated heterocycles. The lowest BCUT2D eigenvalue weighted by Crippen LogP contribution is -2.35. The van der Waals surface area contributed by atoms with E-state index in [0.29, 0.717) is 0 Å². The number of ketones is 1. The number of ether oxygens (including phenoxy) is 2. The topological polar surface area (TPSA) is 55.8 Å². The van der Waals surface area contributed by atoms with Crippen molar-refractivity contribution in [3.63, 3.8) is 0 Å². The van der Waals surface area contributed by atoms with Gasteiger partial charge in [0.2, 0.25) is 0 Å². The van der Waals surface area contributed by atoms with E-state index in [2.05, 4.69) is 0 Å². The van der Waals surface area contributed by atoms with Crippen molar-refractivity contribution in [3.05, 3.63) is 12.2 Å². The molecule has 1 aliphatic rings. The van der Waals surface area contributed by atoms with Crippen molar-refractivity contribution in [1.29, 1.82) is 0 Å². The molecular formula is C7H10O4. The van der Waals surface area contributed by atoms with Crippen molar-refractivity contribution in [2.45, 2.75) is 12.4 Å². The first-order chi connectivity index (χ1) is 5.27. The number of rotatable bonds is 2. The first kappa shape index (κ1) is 8.39. The lowest BCUT2D eigenvalue weighted by Gasteiger charge is -2.21. The molecule has 11 heavy (non-hydrogen) atoms. The molecule has 1 rings (SSSR count). The molecule has 1 aliphatic heterocycles. The van der Waals surface area contributed by atoms with Gasteiger partial charge >= 0.3 is 0 Å². The molecule has 0 radical (unpaired) electrons. The van der Waals surface area contributed by atoms with Crippen molar-refractivity contribution < 1.29 is 19.4 Å². The van der Waals surface area contributed by atoms with Crippen LogP contribution in [0.4, 0.5) is 0 Å². The molecule has 0 aromatic carbocycles. The Morgan fingerprint density at radius 1 is 1.82 bits per heavy atom. The zero-order valence-electron chi connectivity index (χ0n) is 6.19. The maximum Gasteiger partial charge on any atom is 0.186 e. The normalized spacial score (nSPS) is 30.9. The van der Waals surface area contributed by atoms with Gasteiger partial charge in [0.1, 0.15) is 6.10 Å². The Labute approximate surface area is 64.4 Å². The van der Waals surface area contributed by atoms with E-state index in [1.807, 2.05) is 0 Å². The predicted molar refractivity (Wildman–Crippen MR) is 36.9 cm³/mol. The molecule has 0 spiro atoms. The lowest BCUT2D eigenvalue weighted by molar-refractivity contribution is -0.160. The molecule has 2 atom stereocenters. The average Bonchev–Trinajstić information content (AvgIpc) is 2.05. The Balaban J connectivity index is 2.59. The minimum atomic E-state index is -0.759. The summed E-state index contributed by atoms with van der Waals surface area (Å²) >= 11 is 0. The van der Waals surface area contributed by atoms with Gasteiger partial charge in [0, 0.05) is 7.11 Å². The number of methoxy groups -OCH3 is 1. The molecule has 1 N–H and O–H groups in total. The molecule has 0 unspecified atom stereocenters. The summed E-state index contributed by atoms with van der Waals surface area (Å²) in [6.07, 6.45) is 1.60. The Hall–Kier alpha value is -0.710. The first-order valence-electron chi connectivity index (χ1n) is 3.29. The summed E-state index contributed by atoms with van der Waals surface area (Å²) < 4.78 is 9.79. The second-order valence-corrected chi connectivity index (χ2v) is 2.17. The van der Waals surface area contributed by atoms with Crippen LogP contribution in [0, 0.1) is 0 Å². The molecule has 0 bridgehead atoms. The molecule has 0 aromatic heterocycles.